The highest BCUT2D eigenvalue weighted by Gasteiger charge is 2.29. The zero-order valence-corrected chi connectivity index (χ0v) is 10.7. The summed E-state index contributed by atoms with van der Waals surface area (Å²) in [5, 5.41) is 11.6. The average Bonchev–Trinajstić information content (AvgIpc) is 2.86. The second kappa shape index (κ2) is 7.00. The first-order valence-electron chi connectivity index (χ1n) is 5.66. The molecule has 0 amide bonds. The van der Waals surface area contributed by atoms with Gasteiger partial charge >= 0.3 is 5.97 Å². The van der Waals surface area contributed by atoms with E-state index >= 15 is 0 Å². The molecular weight excluding hydrogens is 252 g/mol. The van der Waals surface area contributed by atoms with Gasteiger partial charge in [-0.2, -0.15) is 5.26 Å². The fourth-order valence-corrected chi connectivity index (χ4v) is 1.86. The molecule has 1 aromatic carbocycles. The van der Waals surface area contributed by atoms with Crippen LogP contribution in [0.1, 0.15) is 18.4 Å². The largest absolute Gasteiger partial charge is 0.460 e. The van der Waals surface area contributed by atoms with Crippen LogP contribution in [0.3, 0.4) is 0 Å². The Morgan fingerprint density at radius 2 is 2.11 bits per heavy atom. The number of hydrogen-bond acceptors (Lipinski definition) is 4. The van der Waals surface area contributed by atoms with Crippen LogP contribution >= 0.6 is 12.4 Å². The molecule has 0 saturated carbocycles. The number of carbonyl (C=O) groups excluding carboxylic acids is 1. The number of nitrogens with one attached hydrogen (secondary N) is 1. The Bertz CT molecular complexity index is 430. The van der Waals surface area contributed by atoms with Gasteiger partial charge in [0.25, 0.3) is 0 Å². The van der Waals surface area contributed by atoms with E-state index in [-0.39, 0.29) is 37.1 Å². The van der Waals surface area contributed by atoms with E-state index in [1.165, 1.54) is 0 Å². The highest BCUT2D eigenvalue weighted by atomic mass is 35.5. The molecule has 1 unspecified atom stereocenters. The summed E-state index contributed by atoms with van der Waals surface area (Å²) in [6.07, 6.45) is 1.38. The molecule has 18 heavy (non-hydrogen) atoms. The van der Waals surface area contributed by atoms with Gasteiger partial charge in [0.1, 0.15) is 12.6 Å². The van der Waals surface area contributed by atoms with Gasteiger partial charge in [0, 0.05) is 0 Å². The first kappa shape index (κ1) is 14.5. The van der Waals surface area contributed by atoms with E-state index in [9.17, 15) is 4.79 Å². The van der Waals surface area contributed by atoms with E-state index in [4.69, 9.17) is 10.00 Å². The van der Waals surface area contributed by atoms with Crippen LogP contribution in [0.15, 0.2) is 30.3 Å². The number of nitriles is 1. The Hall–Kier alpha value is -1.57. The van der Waals surface area contributed by atoms with Crippen molar-refractivity contribution in [3.05, 3.63) is 35.9 Å². The van der Waals surface area contributed by atoms with Crippen molar-refractivity contribution in [3.63, 3.8) is 0 Å². The molecule has 1 aliphatic rings. The number of rotatable bonds is 3. The summed E-state index contributed by atoms with van der Waals surface area (Å²) >= 11 is 0. The average molecular weight is 267 g/mol. The van der Waals surface area contributed by atoms with Gasteiger partial charge in [-0.05, 0) is 18.4 Å². The number of hydrogen-bond donors (Lipinski definition) is 1. The third-order valence-electron chi connectivity index (χ3n) is 2.81. The smallest absolute Gasteiger partial charge is 0.323 e. The zero-order chi connectivity index (χ0) is 12.1. The van der Waals surface area contributed by atoms with Crippen molar-refractivity contribution in [3.8, 4) is 6.07 Å². The molecule has 4 nitrogen and oxygen atoms in total. The minimum atomic E-state index is -0.330. The molecule has 96 valence electrons. The molecule has 1 aromatic rings. The molecule has 0 aromatic heterocycles. The Kier molecular flexibility index (Phi) is 5.63. The SMILES string of the molecule is Cl.N#CC1CC[C@@H](C(=O)OCc2ccccc2)N1. The Balaban J connectivity index is 0.00000162. The number of benzene rings is 1. The molecule has 1 saturated heterocycles. The topological polar surface area (TPSA) is 62.1 Å². The standard InChI is InChI=1S/C13H14N2O2.ClH/c14-8-11-6-7-12(15-11)13(16)17-9-10-4-2-1-3-5-10;/h1-5,11-12,15H,6-7,9H2;1H/t11?,12-;/m0./s1. The minimum Gasteiger partial charge on any atom is -0.460 e. The Morgan fingerprint density at radius 3 is 2.72 bits per heavy atom. The predicted octanol–water partition coefficient (Wildman–Crippen LogP) is 1.80. The second-order valence-electron chi connectivity index (χ2n) is 4.07. The molecule has 0 aliphatic carbocycles. The maximum atomic E-state index is 11.7. The molecule has 2 atom stereocenters. The van der Waals surface area contributed by atoms with Crippen molar-refractivity contribution in [2.75, 3.05) is 0 Å². The van der Waals surface area contributed by atoms with Crippen molar-refractivity contribution in [1.82, 2.24) is 5.32 Å². The molecule has 2 rings (SSSR count). The van der Waals surface area contributed by atoms with Crippen LogP contribution in [0, 0.1) is 11.3 Å². The van der Waals surface area contributed by atoms with Crippen LogP contribution in [-0.4, -0.2) is 18.1 Å². The van der Waals surface area contributed by atoms with Crippen molar-refractivity contribution in [1.29, 1.82) is 5.26 Å². The molecule has 1 fully saturated rings. The molecule has 0 bridgehead atoms. The van der Waals surface area contributed by atoms with Crippen LogP contribution in [0.2, 0.25) is 0 Å². The van der Waals surface area contributed by atoms with E-state index in [1.807, 2.05) is 30.3 Å². The first-order valence-corrected chi connectivity index (χ1v) is 5.66. The van der Waals surface area contributed by atoms with Crippen molar-refractivity contribution in [2.45, 2.75) is 31.5 Å². The summed E-state index contributed by atoms with van der Waals surface area (Å²) in [5.41, 5.74) is 0.968. The van der Waals surface area contributed by atoms with Crippen LogP contribution < -0.4 is 5.32 Å². The monoisotopic (exact) mass is 266 g/mol. The lowest BCUT2D eigenvalue weighted by Gasteiger charge is -2.10. The van der Waals surface area contributed by atoms with E-state index < -0.39 is 0 Å². The molecule has 5 heteroatoms. The molecule has 0 spiro atoms. The summed E-state index contributed by atoms with van der Waals surface area (Å²) in [5.74, 6) is -0.272. The number of ether oxygens (including phenoxy) is 1. The molecular formula is C13H15ClN2O2. The second-order valence-corrected chi connectivity index (χ2v) is 4.07. The maximum absolute atomic E-state index is 11.7. The minimum absolute atomic E-state index is 0. The van der Waals surface area contributed by atoms with Gasteiger partial charge in [-0.15, -0.1) is 12.4 Å². The van der Waals surface area contributed by atoms with Crippen LogP contribution in [0.5, 0.6) is 0 Å². The van der Waals surface area contributed by atoms with Crippen LogP contribution in [0.4, 0.5) is 0 Å². The lowest BCUT2D eigenvalue weighted by atomic mass is 10.2. The van der Waals surface area contributed by atoms with Gasteiger partial charge in [-0.3, -0.25) is 10.1 Å². The van der Waals surface area contributed by atoms with E-state index in [2.05, 4.69) is 11.4 Å². The van der Waals surface area contributed by atoms with Crippen molar-refractivity contribution >= 4 is 18.4 Å². The third kappa shape index (κ3) is 3.73. The quantitative estimate of drug-likeness (QED) is 0.848. The van der Waals surface area contributed by atoms with Crippen molar-refractivity contribution in [2.24, 2.45) is 0 Å². The van der Waals surface area contributed by atoms with Crippen LogP contribution in [-0.2, 0) is 16.1 Å². The van der Waals surface area contributed by atoms with Gasteiger partial charge in [-0.25, -0.2) is 0 Å². The normalized spacial score (nSPS) is 21.7. The first-order chi connectivity index (χ1) is 8.29. The lowest BCUT2D eigenvalue weighted by molar-refractivity contribution is -0.147. The molecule has 0 radical (unpaired) electrons. The van der Waals surface area contributed by atoms with Gasteiger partial charge in [-0.1, -0.05) is 30.3 Å². The van der Waals surface area contributed by atoms with Crippen LogP contribution in [0.25, 0.3) is 0 Å². The number of esters is 1. The zero-order valence-electron chi connectivity index (χ0n) is 9.83. The summed E-state index contributed by atoms with van der Waals surface area (Å²) in [4.78, 5) is 11.7. The number of halogens is 1. The predicted molar refractivity (Wildman–Crippen MR) is 69.0 cm³/mol. The number of carbonyl (C=O) groups is 1. The van der Waals surface area contributed by atoms with E-state index in [0.717, 1.165) is 5.56 Å². The number of nitrogens with zero attached hydrogens (tertiary/aromatic N) is 1. The van der Waals surface area contributed by atoms with Crippen molar-refractivity contribution < 1.29 is 9.53 Å². The highest BCUT2D eigenvalue weighted by molar-refractivity contribution is 5.85. The van der Waals surface area contributed by atoms with Gasteiger partial charge in [0.15, 0.2) is 0 Å². The summed E-state index contributed by atoms with van der Waals surface area (Å²) in [6.45, 7) is 0.287. The van der Waals surface area contributed by atoms with E-state index in [0.29, 0.717) is 12.8 Å². The third-order valence-corrected chi connectivity index (χ3v) is 2.81. The lowest BCUT2D eigenvalue weighted by Crippen LogP contribution is -2.36. The summed E-state index contributed by atoms with van der Waals surface area (Å²) in [7, 11) is 0. The fourth-order valence-electron chi connectivity index (χ4n) is 1.86. The Morgan fingerprint density at radius 1 is 1.39 bits per heavy atom. The molecule has 1 aliphatic heterocycles. The Labute approximate surface area is 112 Å². The van der Waals surface area contributed by atoms with Gasteiger partial charge < -0.3 is 4.74 Å². The molecule has 1 heterocycles. The summed E-state index contributed by atoms with van der Waals surface area (Å²) in [6, 6.07) is 11.1. The highest BCUT2D eigenvalue weighted by Crippen LogP contribution is 2.13. The maximum Gasteiger partial charge on any atom is 0.323 e. The van der Waals surface area contributed by atoms with Gasteiger partial charge in [0.2, 0.25) is 0 Å². The van der Waals surface area contributed by atoms with Gasteiger partial charge in [0.05, 0.1) is 12.1 Å². The summed E-state index contributed by atoms with van der Waals surface area (Å²) < 4.78 is 5.19. The van der Waals surface area contributed by atoms with E-state index in [1.54, 1.807) is 0 Å². The fraction of sp³-hybridized carbons (Fsp3) is 0.385. The molecule has 1 N–H and O–H groups in total.